The van der Waals surface area contributed by atoms with Gasteiger partial charge in [0.1, 0.15) is 18.5 Å². The number of pyridine rings is 1. The highest BCUT2D eigenvalue weighted by atomic mass is 19.4. The van der Waals surface area contributed by atoms with Crippen LogP contribution >= 0.6 is 0 Å². The van der Waals surface area contributed by atoms with Crippen LogP contribution in [-0.2, 0) is 24.2 Å². The number of aliphatic imine (C=N–C) groups is 1. The molecule has 272 valence electrons. The normalized spacial score (nSPS) is 17.3. The van der Waals surface area contributed by atoms with E-state index >= 15 is 0 Å². The van der Waals surface area contributed by atoms with E-state index in [0.717, 1.165) is 54.7 Å². The zero-order valence-corrected chi connectivity index (χ0v) is 28.0. The lowest BCUT2D eigenvalue weighted by molar-refractivity contribution is -0.192. The third-order valence-corrected chi connectivity index (χ3v) is 9.27. The summed E-state index contributed by atoms with van der Waals surface area (Å²) >= 11 is 0. The van der Waals surface area contributed by atoms with Gasteiger partial charge < -0.3 is 44.5 Å². The molecule has 4 N–H and O–H groups in total. The minimum absolute atomic E-state index is 0.0543. The van der Waals surface area contributed by atoms with Crippen molar-refractivity contribution in [2.45, 2.75) is 57.5 Å². The van der Waals surface area contributed by atoms with Crippen molar-refractivity contribution in [1.29, 1.82) is 0 Å². The van der Waals surface area contributed by atoms with Gasteiger partial charge in [0.05, 0.1) is 22.6 Å². The molecule has 0 bridgehead atoms. The third kappa shape index (κ3) is 7.81. The Labute approximate surface area is 290 Å². The number of carboxylic acids is 1. The van der Waals surface area contributed by atoms with Crippen molar-refractivity contribution in [3.05, 3.63) is 74.7 Å². The molecule has 1 atom stereocenters. The van der Waals surface area contributed by atoms with Crippen molar-refractivity contribution < 1.29 is 47.2 Å². The highest BCUT2D eigenvalue weighted by Crippen LogP contribution is 2.39. The number of aliphatic hydroxyl groups excluding tert-OH is 1. The predicted molar refractivity (Wildman–Crippen MR) is 179 cm³/mol. The molecule has 1 amide bonds. The van der Waals surface area contributed by atoms with E-state index in [2.05, 4.69) is 28.3 Å². The number of aromatic amines is 1. The molecule has 51 heavy (non-hydrogen) atoms. The number of carbonyl (C=O) groups excluding carboxylic acids is 1. The summed E-state index contributed by atoms with van der Waals surface area (Å²) in [6, 6.07) is 9.71. The number of hydrogen-bond acceptors (Lipinski definition) is 10. The van der Waals surface area contributed by atoms with Crippen LogP contribution in [0.5, 0.6) is 17.2 Å². The maximum absolute atomic E-state index is 13.4. The lowest BCUT2D eigenvalue weighted by atomic mass is 10.00. The van der Waals surface area contributed by atoms with Crippen LogP contribution in [-0.4, -0.2) is 101 Å². The van der Waals surface area contributed by atoms with E-state index in [1.165, 1.54) is 0 Å². The molecule has 0 saturated carbocycles. The van der Waals surface area contributed by atoms with Crippen molar-refractivity contribution in [2.24, 2.45) is 4.99 Å². The van der Waals surface area contributed by atoms with E-state index in [1.54, 1.807) is 18.3 Å². The van der Waals surface area contributed by atoms with Gasteiger partial charge in [0.25, 0.3) is 11.5 Å². The number of aryl methyl sites for hydroxylation is 1. The summed E-state index contributed by atoms with van der Waals surface area (Å²) in [4.78, 5) is 47.2. The molecule has 2 aromatic carbocycles. The van der Waals surface area contributed by atoms with E-state index in [-0.39, 0.29) is 37.5 Å². The van der Waals surface area contributed by atoms with E-state index in [9.17, 15) is 27.9 Å². The molecule has 7 rings (SSSR count). The van der Waals surface area contributed by atoms with Gasteiger partial charge in [0.2, 0.25) is 6.79 Å². The number of ether oxygens (including phenoxy) is 3. The Morgan fingerprint density at radius 3 is 2.53 bits per heavy atom. The number of hydrogen-bond donors (Lipinski definition) is 4. The smallest absolute Gasteiger partial charge is 0.490 e. The molecule has 4 aliphatic rings. The van der Waals surface area contributed by atoms with Gasteiger partial charge in [-0.25, -0.2) is 4.79 Å². The summed E-state index contributed by atoms with van der Waals surface area (Å²) in [6.45, 7) is 5.05. The number of anilines is 1. The molecular formula is C35H38F3N5O8. The van der Waals surface area contributed by atoms with Crippen LogP contribution in [0.2, 0.25) is 0 Å². The summed E-state index contributed by atoms with van der Waals surface area (Å²) in [6.07, 6.45) is -1.14. The first-order chi connectivity index (χ1) is 24.3. The quantitative estimate of drug-likeness (QED) is 0.256. The third-order valence-electron chi connectivity index (χ3n) is 9.27. The number of aliphatic hydroxyl groups is 1. The Balaban J connectivity index is 0.000000582. The Bertz CT molecular complexity index is 1910. The summed E-state index contributed by atoms with van der Waals surface area (Å²) in [5, 5.41) is 21.1. The average molecular weight is 714 g/mol. The molecule has 4 aliphatic heterocycles. The van der Waals surface area contributed by atoms with E-state index in [0.29, 0.717) is 52.7 Å². The number of aliphatic carboxylic acids is 1. The van der Waals surface area contributed by atoms with Crippen LogP contribution in [0.25, 0.3) is 0 Å². The highest BCUT2D eigenvalue weighted by Gasteiger charge is 2.38. The first-order valence-electron chi connectivity index (χ1n) is 16.5. The molecular weight excluding hydrogens is 675 g/mol. The molecule has 5 heterocycles. The van der Waals surface area contributed by atoms with Gasteiger partial charge in [-0.15, -0.1) is 0 Å². The number of aromatic nitrogens is 1. The number of nitrogens with zero attached hydrogens (tertiary/aromatic N) is 3. The maximum Gasteiger partial charge on any atom is 0.490 e. The number of fused-ring (bicyclic) bond motifs is 3. The van der Waals surface area contributed by atoms with E-state index < -0.39 is 18.2 Å². The van der Waals surface area contributed by atoms with Crippen molar-refractivity contribution in [1.82, 2.24) is 14.8 Å². The number of rotatable bonds is 9. The molecule has 3 aromatic rings. The van der Waals surface area contributed by atoms with E-state index in [4.69, 9.17) is 29.1 Å². The second-order valence-electron chi connectivity index (χ2n) is 12.8. The molecule has 16 heteroatoms. The number of alkyl halides is 3. The first kappa shape index (κ1) is 35.7. The van der Waals surface area contributed by atoms with Gasteiger partial charge in [-0.3, -0.25) is 14.6 Å². The molecule has 0 radical (unpaired) electrons. The molecule has 13 nitrogen and oxygen atoms in total. The van der Waals surface area contributed by atoms with Crippen molar-refractivity contribution >= 4 is 29.0 Å². The van der Waals surface area contributed by atoms with Crippen LogP contribution in [0.3, 0.4) is 0 Å². The van der Waals surface area contributed by atoms with E-state index in [1.807, 2.05) is 24.0 Å². The summed E-state index contributed by atoms with van der Waals surface area (Å²) in [5.41, 5.74) is 5.82. The number of carboxylic acid groups (broad SMARTS) is 1. The fourth-order valence-electron chi connectivity index (χ4n) is 6.54. The molecule has 0 unspecified atom stereocenters. The zero-order valence-electron chi connectivity index (χ0n) is 28.0. The summed E-state index contributed by atoms with van der Waals surface area (Å²) in [5.74, 6) is -0.719. The molecule has 1 fully saturated rings. The highest BCUT2D eigenvalue weighted by molar-refractivity contribution is 6.10. The number of benzene rings is 2. The van der Waals surface area contributed by atoms with Crippen molar-refractivity contribution in [2.75, 3.05) is 45.4 Å². The van der Waals surface area contributed by atoms with Crippen LogP contribution in [0.1, 0.15) is 52.4 Å². The Morgan fingerprint density at radius 1 is 1.14 bits per heavy atom. The predicted octanol–water partition coefficient (Wildman–Crippen LogP) is 3.88. The van der Waals surface area contributed by atoms with Gasteiger partial charge in [-0.05, 0) is 74.3 Å². The minimum Gasteiger partial charge on any atom is -0.490 e. The van der Waals surface area contributed by atoms with Gasteiger partial charge >= 0.3 is 12.1 Å². The van der Waals surface area contributed by atoms with Gasteiger partial charge in [-0.1, -0.05) is 13.0 Å². The van der Waals surface area contributed by atoms with Gasteiger partial charge in [-0.2, -0.15) is 13.2 Å². The topological polar surface area (TPSA) is 166 Å². The lowest BCUT2D eigenvalue weighted by Gasteiger charge is -2.34. The second kappa shape index (κ2) is 14.6. The number of piperidine rings is 1. The Morgan fingerprint density at radius 2 is 1.84 bits per heavy atom. The molecule has 0 aliphatic carbocycles. The fourth-order valence-corrected chi connectivity index (χ4v) is 6.54. The van der Waals surface area contributed by atoms with Crippen LogP contribution in [0.4, 0.5) is 24.5 Å². The minimum atomic E-state index is -5.08. The number of nitrogens with one attached hydrogen (secondary N) is 2. The number of halogens is 3. The molecule has 1 saturated heterocycles. The van der Waals surface area contributed by atoms with Crippen LogP contribution < -0.4 is 25.1 Å². The number of likely N-dealkylation sites (tertiary alicyclic amines) is 1. The van der Waals surface area contributed by atoms with Crippen LogP contribution in [0, 0.1) is 0 Å². The van der Waals surface area contributed by atoms with Crippen LogP contribution in [0.15, 0.2) is 46.3 Å². The second-order valence-corrected chi connectivity index (χ2v) is 12.8. The SMILES string of the molecule is CCc1cc2c(cc1OC[C@H](O)CNc1cc[nH]c(=O)c1C1=Nc3cc4c(cc3C1)CN(C1CCN(C)CC1)C4=O)OCO2.O=C(O)C(F)(F)F. The summed E-state index contributed by atoms with van der Waals surface area (Å²) in [7, 11) is 2.12. The molecule has 1 aromatic heterocycles. The first-order valence-corrected chi connectivity index (χ1v) is 16.5. The summed E-state index contributed by atoms with van der Waals surface area (Å²) < 4.78 is 48.6. The molecule has 0 spiro atoms. The average Bonchev–Trinajstić information content (AvgIpc) is 3.81. The standard InChI is InChI=1S/C33H37N5O6.C2HF3O2/c1-3-19-12-29-30(44-18-43-29)14-28(19)42-17-23(39)15-35-25-4-7-34-32(40)31(25)27-11-20-10-21-16-38(22-5-8-37(2)9-6-22)33(41)24(21)13-26(20)36-27;3-2(4,5)1(6)7/h4,7,10,12-14,22-23,39H,3,5-6,8-9,11,15-18H2,1-2H3,(H2,34,35,40);(H,6,7)/t23-;/m1./s1. The van der Waals surface area contributed by atoms with Crippen molar-refractivity contribution in [3.63, 3.8) is 0 Å². The maximum atomic E-state index is 13.4. The number of carbonyl (C=O) groups is 2. The van der Waals surface area contributed by atoms with Gasteiger partial charge in [0.15, 0.2) is 11.5 Å². The van der Waals surface area contributed by atoms with Gasteiger partial charge in [0, 0.05) is 43.4 Å². The largest absolute Gasteiger partial charge is 0.490 e. The number of amides is 1. The number of H-pyrrole nitrogens is 1. The fraction of sp³-hybridized carbons (Fsp3) is 0.429. The van der Waals surface area contributed by atoms with Crippen molar-refractivity contribution in [3.8, 4) is 17.2 Å². The zero-order chi connectivity index (χ0) is 36.4. The Hall–Kier alpha value is -5.09. The monoisotopic (exact) mass is 713 g/mol. The lowest BCUT2D eigenvalue weighted by Crippen LogP contribution is -2.43. The Kier molecular flexibility index (Phi) is 10.3.